The molecule has 42 valence electrons. The van der Waals surface area contributed by atoms with Gasteiger partial charge in [0.1, 0.15) is 12.4 Å². The molecule has 8 heavy (non-hydrogen) atoms. The quantitative estimate of drug-likeness (QED) is 0.570. The van der Waals surface area contributed by atoms with Gasteiger partial charge < -0.3 is 4.98 Å². The fourth-order valence-electron chi connectivity index (χ4n) is 0.446. The molecule has 0 spiro atoms. The van der Waals surface area contributed by atoms with Gasteiger partial charge in [-0.3, -0.25) is 0 Å². The van der Waals surface area contributed by atoms with Crippen molar-refractivity contribution < 1.29 is 0 Å². The molecule has 0 unspecified atom stereocenters. The Morgan fingerprint density at radius 3 is 3.25 bits per heavy atom. The molecule has 1 aromatic rings. The second-order valence-corrected chi connectivity index (χ2v) is 1.32. The van der Waals surface area contributed by atoms with Crippen LogP contribution >= 0.6 is 0 Å². The molecule has 4 heteroatoms. The van der Waals surface area contributed by atoms with E-state index in [1.165, 1.54) is 0 Å². The predicted octanol–water partition coefficient (Wildman–Crippen LogP) is 0.676. The summed E-state index contributed by atoms with van der Waals surface area (Å²) in [5.74, 6) is 0.611. The van der Waals surface area contributed by atoms with E-state index in [2.05, 4.69) is 15.1 Å². The average Bonchev–Trinajstić information content (AvgIpc) is 2.19. The minimum atomic E-state index is 0.132. The summed E-state index contributed by atoms with van der Waals surface area (Å²) in [6.07, 6.45) is 3.24. The molecule has 1 aromatic heterocycles. The van der Waals surface area contributed by atoms with Crippen LogP contribution in [0.5, 0.6) is 0 Å². The number of hydrogen-bond donors (Lipinski definition) is 1. The van der Waals surface area contributed by atoms with Gasteiger partial charge in [0.15, 0.2) is 0 Å². The molecule has 0 fully saturated rings. The summed E-state index contributed by atoms with van der Waals surface area (Å²) in [6.45, 7) is 0.132. The maximum absolute atomic E-state index is 9.56. The molecule has 0 aromatic carbocycles. The topological polar surface area (TPSA) is 58.1 Å². The first-order chi connectivity index (χ1) is 3.93. The van der Waals surface area contributed by atoms with Gasteiger partial charge in [0.25, 0.3) is 0 Å². The summed E-state index contributed by atoms with van der Waals surface area (Å²) >= 11 is 0. The molecule has 1 heterocycles. The number of aromatic amines is 1. The van der Waals surface area contributed by atoms with Crippen molar-refractivity contribution in [2.24, 2.45) is 5.18 Å². The zero-order chi connectivity index (χ0) is 5.82. The third-order valence-corrected chi connectivity index (χ3v) is 0.769. The lowest BCUT2D eigenvalue weighted by atomic mass is 10.6. The SMILES string of the molecule is O=NCc1ncc[nH]1. The number of hydrogen-bond acceptors (Lipinski definition) is 3. The highest BCUT2D eigenvalue weighted by molar-refractivity contribution is 4.85. The second-order valence-electron chi connectivity index (χ2n) is 1.32. The van der Waals surface area contributed by atoms with Crippen LogP contribution in [0, 0.1) is 4.91 Å². The molecule has 0 saturated carbocycles. The van der Waals surface area contributed by atoms with E-state index in [4.69, 9.17) is 0 Å². The van der Waals surface area contributed by atoms with Gasteiger partial charge in [-0.05, 0) is 0 Å². The second kappa shape index (κ2) is 2.20. The van der Waals surface area contributed by atoms with Crippen molar-refractivity contribution in [1.29, 1.82) is 0 Å². The lowest BCUT2D eigenvalue weighted by molar-refractivity contribution is 0.942. The summed E-state index contributed by atoms with van der Waals surface area (Å²) in [5.41, 5.74) is 0. The van der Waals surface area contributed by atoms with Crippen molar-refractivity contribution in [3.63, 3.8) is 0 Å². The van der Waals surface area contributed by atoms with Gasteiger partial charge >= 0.3 is 0 Å². The van der Waals surface area contributed by atoms with Crippen LogP contribution in [0.15, 0.2) is 17.6 Å². The number of nitrogens with one attached hydrogen (secondary N) is 1. The minimum Gasteiger partial charge on any atom is -0.347 e. The Balaban J connectivity index is 2.62. The number of aromatic nitrogens is 2. The smallest absolute Gasteiger partial charge is 0.139 e. The highest BCUT2D eigenvalue weighted by Crippen LogP contribution is 1.88. The van der Waals surface area contributed by atoms with Crippen LogP contribution in [0.3, 0.4) is 0 Å². The van der Waals surface area contributed by atoms with Crippen molar-refractivity contribution in [3.05, 3.63) is 23.1 Å². The van der Waals surface area contributed by atoms with Crippen molar-refractivity contribution in [3.8, 4) is 0 Å². The number of imidazole rings is 1. The van der Waals surface area contributed by atoms with Crippen LogP contribution in [-0.4, -0.2) is 9.97 Å². The third kappa shape index (κ3) is 0.900. The lowest BCUT2D eigenvalue weighted by Crippen LogP contribution is -1.80. The van der Waals surface area contributed by atoms with Gasteiger partial charge in [-0.1, -0.05) is 5.18 Å². The van der Waals surface area contributed by atoms with Crippen LogP contribution in [-0.2, 0) is 6.54 Å². The van der Waals surface area contributed by atoms with Gasteiger partial charge in [0.05, 0.1) is 0 Å². The molecule has 0 saturated heterocycles. The first-order valence-electron chi connectivity index (χ1n) is 2.21. The third-order valence-electron chi connectivity index (χ3n) is 0.769. The molecule has 0 aliphatic carbocycles. The number of nitroso groups, excluding NO2 is 1. The van der Waals surface area contributed by atoms with Gasteiger partial charge in [-0.15, -0.1) is 0 Å². The van der Waals surface area contributed by atoms with Gasteiger partial charge in [0, 0.05) is 12.4 Å². The van der Waals surface area contributed by atoms with E-state index < -0.39 is 0 Å². The standard InChI is InChI=1S/C4H5N3O/c8-7-3-4-5-1-2-6-4/h1-2H,3H2,(H,5,6). The van der Waals surface area contributed by atoms with Crippen LogP contribution in [0.4, 0.5) is 0 Å². The van der Waals surface area contributed by atoms with E-state index in [1.807, 2.05) is 0 Å². The van der Waals surface area contributed by atoms with E-state index in [9.17, 15) is 4.91 Å². The Morgan fingerprint density at radius 1 is 1.88 bits per heavy atom. The van der Waals surface area contributed by atoms with E-state index >= 15 is 0 Å². The molecule has 0 radical (unpaired) electrons. The molecule has 1 rings (SSSR count). The summed E-state index contributed by atoms with van der Waals surface area (Å²) in [5, 5.41) is 2.63. The fourth-order valence-corrected chi connectivity index (χ4v) is 0.446. The Kier molecular flexibility index (Phi) is 1.37. The maximum atomic E-state index is 9.56. The van der Waals surface area contributed by atoms with E-state index in [-0.39, 0.29) is 6.54 Å². The zero-order valence-electron chi connectivity index (χ0n) is 4.16. The van der Waals surface area contributed by atoms with Gasteiger partial charge in [-0.2, -0.15) is 4.91 Å². The number of nitrogens with zero attached hydrogens (tertiary/aromatic N) is 2. The molecule has 0 aliphatic heterocycles. The molecule has 0 amide bonds. The highest BCUT2D eigenvalue weighted by atomic mass is 16.3. The largest absolute Gasteiger partial charge is 0.347 e. The monoisotopic (exact) mass is 111 g/mol. The Morgan fingerprint density at radius 2 is 2.75 bits per heavy atom. The van der Waals surface area contributed by atoms with E-state index in [1.54, 1.807) is 12.4 Å². The van der Waals surface area contributed by atoms with Crippen molar-refractivity contribution in [1.82, 2.24) is 9.97 Å². The lowest BCUT2D eigenvalue weighted by Gasteiger charge is -1.78. The zero-order valence-corrected chi connectivity index (χ0v) is 4.16. The first-order valence-corrected chi connectivity index (χ1v) is 2.21. The summed E-state index contributed by atoms with van der Waals surface area (Å²) < 4.78 is 0. The van der Waals surface area contributed by atoms with Crippen LogP contribution < -0.4 is 0 Å². The van der Waals surface area contributed by atoms with Crippen molar-refractivity contribution >= 4 is 0 Å². The van der Waals surface area contributed by atoms with E-state index in [0.717, 1.165) is 0 Å². The summed E-state index contributed by atoms with van der Waals surface area (Å²) in [6, 6.07) is 0. The molecular formula is C4H5N3O. The predicted molar refractivity (Wildman–Crippen MR) is 28.1 cm³/mol. The van der Waals surface area contributed by atoms with Crippen LogP contribution in [0.1, 0.15) is 5.82 Å². The molecule has 0 atom stereocenters. The van der Waals surface area contributed by atoms with Crippen molar-refractivity contribution in [2.45, 2.75) is 6.54 Å². The highest BCUT2D eigenvalue weighted by Gasteiger charge is 1.88. The molecular weight excluding hydrogens is 106 g/mol. The molecule has 1 N–H and O–H groups in total. The Hall–Kier alpha value is -1.19. The first kappa shape index (κ1) is 4.96. The average molecular weight is 111 g/mol. The van der Waals surface area contributed by atoms with Crippen LogP contribution in [0.2, 0.25) is 0 Å². The maximum Gasteiger partial charge on any atom is 0.139 e. The summed E-state index contributed by atoms with van der Waals surface area (Å²) in [7, 11) is 0. The fraction of sp³-hybridized carbons (Fsp3) is 0.250. The van der Waals surface area contributed by atoms with Crippen molar-refractivity contribution in [2.75, 3.05) is 0 Å². The number of rotatable bonds is 2. The summed E-state index contributed by atoms with van der Waals surface area (Å²) in [4.78, 5) is 16.1. The number of H-pyrrole nitrogens is 1. The Labute approximate surface area is 45.9 Å². The molecule has 0 bridgehead atoms. The van der Waals surface area contributed by atoms with E-state index in [0.29, 0.717) is 5.82 Å². The molecule has 4 nitrogen and oxygen atoms in total. The van der Waals surface area contributed by atoms with Gasteiger partial charge in [-0.25, -0.2) is 4.98 Å². The normalized spacial score (nSPS) is 9.00. The Bertz CT molecular complexity index is 158. The van der Waals surface area contributed by atoms with Crippen LogP contribution in [0.25, 0.3) is 0 Å². The minimum absolute atomic E-state index is 0.132. The van der Waals surface area contributed by atoms with Gasteiger partial charge in [0.2, 0.25) is 0 Å². The molecule has 0 aliphatic rings.